The maximum Gasteiger partial charge on any atom is 0.0555 e. The molecule has 2 N–H and O–H groups in total. The lowest BCUT2D eigenvalue weighted by Gasteiger charge is -2.26. The standard InChI is InChI=1S/C15H19NOS/c17-13-5-3-4-12(8-13)16-9-11-10-18-15-7-2-1-6-14(11)15/h1-2,6-7,10,12-13,16-17H,3-5,8-9H2. The molecule has 0 spiro atoms. The average Bonchev–Trinajstić information content (AvgIpc) is 2.80. The minimum Gasteiger partial charge on any atom is -0.393 e. The third kappa shape index (κ3) is 2.58. The molecule has 3 rings (SSSR count). The second-order valence-electron chi connectivity index (χ2n) is 5.16. The van der Waals surface area contributed by atoms with Crippen molar-refractivity contribution in [1.82, 2.24) is 5.32 Å². The summed E-state index contributed by atoms with van der Waals surface area (Å²) < 4.78 is 1.36. The van der Waals surface area contributed by atoms with Crippen molar-refractivity contribution in [3.05, 3.63) is 35.2 Å². The van der Waals surface area contributed by atoms with Gasteiger partial charge in [-0.15, -0.1) is 11.3 Å². The first kappa shape index (κ1) is 12.2. The van der Waals surface area contributed by atoms with Crippen LogP contribution in [0.3, 0.4) is 0 Å². The van der Waals surface area contributed by atoms with Crippen LogP contribution < -0.4 is 5.32 Å². The summed E-state index contributed by atoms with van der Waals surface area (Å²) in [6.45, 7) is 0.918. The summed E-state index contributed by atoms with van der Waals surface area (Å²) in [6, 6.07) is 9.04. The van der Waals surface area contributed by atoms with E-state index in [1.165, 1.54) is 22.1 Å². The Labute approximate surface area is 112 Å². The first-order valence-corrected chi connectivity index (χ1v) is 7.57. The molecule has 1 aromatic carbocycles. The van der Waals surface area contributed by atoms with Gasteiger partial charge in [-0.3, -0.25) is 0 Å². The number of benzene rings is 1. The van der Waals surface area contributed by atoms with Gasteiger partial charge < -0.3 is 10.4 Å². The molecule has 1 aliphatic rings. The van der Waals surface area contributed by atoms with E-state index in [1.54, 1.807) is 0 Å². The number of aliphatic hydroxyl groups is 1. The molecule has 1 aliphatic carbocycles. The van der Waals surface area contributed by atoms with Gasteiger partial charge in [-0.25, -0.2) is 0 Å². The molecule has 1 heterocycles. The fourth-order valence-corrected chi connectivity index (χ4v) is 3.74. The number of nitrogens with one attached hydrogen (secondary N) is 1. The van der Waals surface area contributed by atoms with Crippen molar-refractivity contribution in [1.29, 1.82) is 0 Å². The molecule has 1 saturated carbocycles. The lowest BCUT2D eigenvalue weighted by Crippen LogP contribution is -2.35. The fourth-order valence-electron chi connectivity index (χ4n) is 2.77. The van der Waals surface area contributed by atoms with E-state index in [9.17, 15) is 5.11 Å². The van der Waals surface area contributed by atoms with Gasteiger partial charge in [0.05, 0.1) is 6.10 Å². The Kier molecular flexibility index (Phi) is 3.64. The first-order chi connectivity index (χ1) is 8.83. The molecule has 0 bridgehead atoms. The van der Waals surface area contributed by atoms with E-state index in [0.717, 1.165) is 25.8 Å². The van der Waals surface area contributed by atoms with Crippen LogP contribution in [0.5, 0.6) is 0 Å². The number of fused-ring (bicyclic) bond motifs is 1. The lowest BCUT2D eigenvalue weighted by molar-refractivity contribution is 0.111. The highest BCUT2D eigenvalue weighted by atomic mass is 32.1. The Bertz CT molecular complexity index is 522. The molecule has 2 aromatic rings. The van der Waals surface area contributed by atoms with Crippen molar-refractivity contribution < 1.29 is 5.11 Å². The fraction of sp³-hybridized carbons (Fsp3) is 0.467. The summed E-state index contributed by atoms with van der Waals surface area (Å²) in [4.78, 5) is 0. The Morgan fingerprint density at radius 2 is 2.17 bits per heavy atom. The van der Waals surface area contributed by atoms with Crippen LogP contribution in [0.4, 0.5) is 0 Å². The van der Waals surface area contributed by atoms with E-state index < -0.39 is 0 Å². The van der Waals surface area contributed by atoms with Gasteiger partial charge in [0.1, 0.15) is 0 Å². The smallest absolute Gasteiger partial charge is 0.0555 e. The molecule has 2 nitrogen and oxygen atoms in total. The van der Waals surface area contributed by atoms with Crippen LogP contribution >= 0.6 is 11.3 Å². The van der Waals surface area contributed by atoms with Crippen LogP contribution in [0.15, 0.2) is 29.6 Å². The topological polar surface area (TPSA) is 32.3 Å². The molecule has 0 radical (unpaired) electrons. The third-order valence-corrected chi connectivity index (χ3v) is 4.80. The molecule has 0 aliphatic heterocycles. The molecule has 2 unspecified atom stereocenters. The summed E-state index contributed by atoms with van der Waals surface area (Å²) in [5.74, 6) is 0. The Hall–Kier alpha value is -0.900. The van der Waals surface area contributed by atoms with Gasteiger partial charge in [-0.2, -0.15) is 0 Å². The van der Waals surface area contributed by atoms with Crippen LogP contribution in [-0.4, -0.2) is 17.3 Å². The Balaban J connectivity index is 1.66. The number of aliphatic hydroxyl groups excluding tert-OH is 1. The highest BCUT2D eigenvalue weighted by molar-refractivity contribution is 7.17. The predicted octanol–water partition coefficient (Wildman–Crippen LogP) is 3.29. The van der Waals surface area contributed by atoms with Crippen LogP contribution in [0.25, 0.3) is 10.1 Å². The Morgan fingerprint density at radius 3 is 3.06 bits per heavy atom. The van der Waals surface area contributed by atoms with Gasteiger partial charge in [0.15, 0.2) is 0 Å². The SMILES string of the molecule is OC1CCCC(NCc2csc3ccccc23)C1. The molecular formula is C15H19NOS. The van der Waals surface area contributed by atoms with Gasteiger partial charge in [-0.05, 0) is 48.1 Å². The second kappa shape index (κ2) is 5.39. The summed E-state index contributed by atoms with van der Waals surface area (Å²) in [5.41, 5.74) is 1.38. The highest BCUT2D eigenvalue weighted by Crippen LogP contribution is 2.26. The quantitative estimate of drug-likeness (QED) is 0.888. The second-order valence-corrected chi connectivity index (χ2v) is 6.07. The van der Waals surface area contributed by atoms with E-state index in [0.29, 0.717) is 6.04 Å². The molecule has 0 saturated heterocycles. The number of rotatable bonds is 3. The van der Waals surface area contributed by atoms with Crippen molar-refractivity contribution in [2.24, 2.45) is 0 Å². The molecule has 2 atom stereocenters. The Morgan fingerprint density at radius 1 is 1.28 bits per heavy atom. The predicted molar refractivity (Wildman–Crippen MR) is 76.9 cm³/mol. The van der Waals surface area contributed by atoms with Crippen LogP contribution in [0.2, 0.25) is 0 Å². The monoisotopic (exact) mass is 261 g/mol. The van der Waals surface area contributed by atoms with E-state index in [4.69, 9.17) is 0 Å². The molecule has 18 heavy (non-hydrogen) atoms. The van der Waals surface area contributed by atoms with Crippen molar-refractivity contribution in [3.63, 3.8) is 0 Å². The average molecular weight is 261 g/mol. The molecule has 0 amide bonds. The normalized spacial score (nSPS) is 24.5. The number of hydrogen-bond acceptors (Lipinski definition) is 3. The number of thiophene rings is 1. The van der Waals surface area contributed by atoms with Crippen LogP contribution in [0, 0.1) is 0 Å². The van der Waals surface area contributed by atoms with Crippen molar-refractivity contribution in [2.75, 3.05) is 0 Å². The molecule has 3 heteroatoms. The van der Waals surface area contributed by atoms with Crippen LogP contribution in [0.1, 0.15) is 31.2 Å². The van der Waals surface area contributed by atoms with Gasteiger partial charge in [0, 0.05) is 17.3 Å². The van der Waals surface area contributed by atoms with Crippen molar-refractivity contribution in [2.45, 2.75) is 44.4 Å². The van der Waals surface area contributed by atoms with Gasteiger partial charge in [0.25, 0.3) is 0 Å². The summed E-state index contributed by atoms with van der Waals surface area (Å²) >= 11 is 1.81. The maximum absolute atomic E-state index is 9.67. The van der Waals surface area contributed by atoms with Gasteiger partial charge >= 0.3 is 0 Å². The van der Waals surface area contributed by atoms with Crippen molar-refractivity contribution >= 4 is 21.4 Å². The summed E-state index contributed by atoms with van der Waals surface area (Å²) in [5, 5.41) is 16.9. The number of hydrogen-bond donors (Lipinski definition) is 2. The zero-order valence-electron chi connectivity index (χ0n) is 10.4. The largest absolute Gasteiger partial charge is 0.393 e. The minimum atomic E-state index is -0.101. The van der Waals surface area contributed by atoms with Gasteiger partial charge in [-0.1, -0.05) is 18.2 Å². The van der Waals surface area contributed by atoms with Crippen molar-refractivity contribution in [3.8, 4) is 0 Å². The lowest BCUT2D eigenvalue weighted by atomic mass is 9.93. The summed E-state index contributed by atoms with van der Waals surface area (Å²) in [7, 11) is 0. The zero-order valence-corrected chi connectivity index (χ0v) is 11.2. The maximum atomic E-state index is 9.67. The molecule has 96 valence electrons. The van der Waals surface area contributed by atoms with E-state index in [-0.39, 0.29) is 6.10 Å². The molecular weight excluding hydrogens is 242 g/mol. The molecule has 1 fully saturated rings. The van der Waals surface area contributed by atoms with E-state index in [1.807, 2.05) is 11.3 Å². The first-order valence-electron chi connectivity index (χ1n) is 6.69. The van der Waals surface area contributed by atoms with E-state index >= 15 is 0 Å². The molecule has 1 aromatic heterocycles. The third-order valence-electron chi connectivity index (χ3n) is 3.79. The highest BCUT2D eigenvalue weighted by Gasteiger charge is 2.19. The van der Waals surface area contributed by atoms with Gasteiger partial charge in [0.2, 0.25) is 0 Å². The zero-order chi connectivity index (χ0) is 12.4. The van der Waals surface area contributed by atoms with E-state index in [2.05, 4.69) is 35.0 Å². The van der Waals surface area contributed by atoms with Crippen LogP contribution in [-0.2, 0) is 6.54 Å². The summed E-state index contributed by atoms with van der Waals surface area (Å²) in [6.07, 6.45) is 4.11. The minimum absolute atomic E-state index is 0.101.